The van der Waals surface area contributed by atoms with Gasteiger partial charge in [0.05, 0.1) is 5.75 Å². The Labute approximate surface area is 90.7 Å². The quantitative estimate of drug-likeness (QED) is 0.649. The minimum atomic E-state index is -3.14. The molecular weight excluding hydrogens is 224 g/mol. The van der Waals surface area contributed by atoms with Crippen molar-refractivity contribution in [1.29, 1.82) is 0 Å². The molecule has 0 spiro atoms. The van der Waals surface area contributed by atoms with Crippen LogP contribution in [0.15, 0.2) is 0 Å². The number of sulfonamides is 1. The molecule has 0 bridgehead atoms. The minimum Gasteiger partial charge on any atom is -0.302 e. The first-order valence-electron chi connectivity index (χ1n) is 4.79. The number of hydrogen-bond acceptors (Lipinski definition) is 3. The van der Waals surface area contributed by atoms with Crippen LogP contribution < -0.4 is 4.72 Å². The van der Waals surface area contributed by atoms with Crippen molar-refractivity contribution in [2.24, 2.45) is 0 Å². The van der Waals surface area contributed by atoms with Crippen molar-refractivity contribution in [2.75, 3.05) is 31.8 Å². The molecule has 4 nitrogen and oxygen atoms in total. The van der Waals surface area contributed by atoms with Crippen LogP contribution in [0.25, 0.3) is 0 Å². The SMILES string of the molecule is CN(CCNS(=O)(=O)CCCl)C1CC1. The molecule has 1 aliphatic rings. The monoisotopic (exact) mass is 240 g/mol. The Kier molecular flexibility index (Phi) is 4.63. The number of nitrogens with one attached hydrogen (secondary N) is 1. The second kappa shape index (κ2) is 5.30. The third-order valence-electron chi connectivity index (χ3n) is 2.30. The lowest BCUT2D eigenvalue weighted by Crippen LogP contribution is -2.35. The van der Waals surface area contributed by atoms with E-state index < -0.39 is 10.0 Å². The molecule has 0 unspecified atom stereocenters. The van der Waals surface area contributed by atoms with Crippen LogP contribution in [0.5, 0.6) is 0 Å². The fraction of sp³-hybridized carbons (Fsp3) is 1.00. The first kappa shape index (κ1) is 12.2. The van der Waals surface area contributed by atoms with Gasteiger partial charge in [-0.15, -0.1) is 11.6 Å². The summed E-state index contributed by atoms with van der Waals surface area (Å²) in [5, 5.41) is 0. The van der Waals surface area contributed by atoms with E-state index in [9.17, 15) is 8.42 Å². The number of halogens is 1. The van der Waals surface area contributed by atoms with Crippen LogP contribution in [0.1, 0.15) is 12.8 Å². The Morgan fingerprint density at radius 1 is 1.50 bits per heavy atom. The van der Waals surface area contributed by atoms with E-state index in [4.69, 9.17) is 11.6 Å². The summed E-state index contributed by atoms with van der Waals surface area (Å²) in [5.74, 6) is 0.148. The van der Waals surface area contributed by atoms with Crippen molar-refractivity contribution in [3.63, 3.8) is 0 Å². The molecule has 0 radical (unpaired) electrons. The van der Waals surface area contributed by atoms with E-state index in [-0.39, 0.29) is 11.6 Å². The average Bonchev–Trinajstić information content (AvgIpc) is 2.85. The van der Waals surface area contributed by atoms with E-state index in [0.29, 0.717) is 12.6 Å². The Hall–Kier alpha value is 0.160. The summed E-state index contributed by atoms with van der Waals surface area (Å²) < 4.78 is 24.9. The van der Waals surface area contributed by atoms with E-state index in [2.05, 4.69) is 9.62 Å². The zero-order valence-electron chi connectivity index (χ0n) is 8.37. The van der Waals surface area contributed by atoms with Gasteiger partial charge >= 0.3 is 0 Å². The van der Waals surface area contributed by atoms with Gasteiger partial charge in [-0.05, 0) is 19.9 Å². The van der Waals surface area contributed by atoms with Gasteiger partial charge in [0.2, 0.25) is 10.0 Å². The van der Waals surface area contributed by atoms with Gasteiger partial charge in [0.1, 0.15) is 0 Å². The summed E-state index contributed by atoms with van der Waals surface area (Å²) in [5.41, 5.74) is 0. The minimum absolute atomic E-state index is 0.00168. The first-order chi connectivity index (χ1) is 6.55. The maximum atomic E-state index is 11.2. The molecule has 0 amide bonds. The highest BCUT2D eigenvalue weighted by Crippen LogP contribution is 2.24. The number of nitrogens with zero attached hydrogens (tertiary/aromatic N) is 1. The number of likely N-dealkylation sites (N-methyl/N-ethyl adjacent to an activating group) is 1. The van der Waals surface area contributed by atoms with Crippen molar-refractivity contribution in [1.82, 2.24) is 9.62 Å². The average molecular weight is 241 g/mol. The van der Waals surface area contributed by atoms with E-state index in [1.807, 2.05) is 7.05 Å². The summed E-state index contributed by atoms with van der Waals surface area (Å²) in [7, 11) is -1.12. The van der Waals surface area contributed by atoms with Crippen molar-refractivity contribution in [3.8, 4) is 0 Å². The lowest BCUT2D eigenvalue weighted by atomic mass is 10.5. The van der Waals surface area contributed by atoms with Gasteiger partial charge in [-0.1, -0.05) is 0 Å². The molecule has 0 aliphatic heterocycles. The lowest BCUT2D eigenvalue weighted by molar-refractivity contribution is 0.329. The molecule has 1 fully saturated rings. The molecule has 0 aromatic carbocycles. The lowest BCUT2D eigenvalue weighted by Gasteiger charge is -2.15. The van der Waals surface area contributed by atoms with Crippen LogP contribution >= 0.6 is 11.6 Å². The topological polar surface area (TPSA) is 49.4 Å². The standard InChI is InChI=1S/C8H17ClN2O2S/c1-11(8-2-3-8)6-5-10-14(12,13)7-4-9/h8,10H,2-7H2,1H3. The highest BCUT2D eigenvalue weighted by Gasteiger charge is 2.25. The Morgan fingerprint density at radius 3 is 2.64 bits per heavy atom. The molecule has 1 saturated carbocycles. The van der Waals surface area contributed by atoms with Gasteiger partial charge in [0, 0.05) is 25.0 Å². The van der Waals surface area contributed by atoms with Crippen LogP contribution in [0, 0.1) is 0 Å². The highest BCUT2D eigenvalue weighted by atomic mass is 35.5. The summed E-state index contributed by atoms with van der Waals surface area (Å²) in [4.78, 5) is 2.18. The van der Waals surface area contributed by atoms with Gasteiger partial charge in [0.25, 0.3) is 0 Å². The second-order valence-electron chi connectivity index (χ2n) is 3.61. The molecular formula is C8H17ClN2O2S. The van der Waals surface area contributed by atoms with Crippen molar-refractivity contribution in [3.05, 3.63) is 0 Å². The first-order valence-corrected chi connectivity index (χ1v) is 6.97. The van der Waals surface area contributed by atoms with Crippen LogP contribution in [-0.4, -0.2) is 51.1 Å². The predicted octanol–water partition coefficient (Wildman–Crippen LogP) is 0.239. The fourth-order valence-corrected chi connectivity index (χ4v) is 2.61. The van der Waals surface area contributed by atoms with E-state index in [1.54, 1.807) is 0 Å². The van der Waals surface area contributed by atoms with Crippen molar-refractivity contribution >= 4 is 21.6 Å². The van der Waals surface area contributed by atoms with Crippen LogP contribution in [0.2, 0.25) is 0 Å². The summed E-state index contributed by atoms with van der Waals surface area (Å²) in [6, 6.07) is 0.674. The molecule has 1 rings (SSSR count). The number of rotatable bonds is 7. The van der Waals surface area contributed by atoms with Gasteiger partial charge in [-0.2, -0.15) is 0 Å². The van der Waals surface area contributed by atoms with Crippen LogP contribution in [-0.2, 0) is 10.0 Å². The Balaban J connectivity index is 2.13. The molecule has 0 heterocycles. The fourth-order valence-electron chi connectivity index (χ4n) is 1.25. The van der Waals surface area contributed by atoms with Gasteiger partial charge in [-0.3, -0.25) is 0 Å². The Bertz CT molecular complexity index is 265. The summed E-state index contributed by atoms with van der Waals surface area (Å²) in [6.45, 7) is 1.25. The smallest absolute Gasteiger partial charge is 0.212 e. The van der Waals surface area contributed by atoms with E-state index in [1.165, 1.54) is 12.8 Å². The molecule has 1 N–H and O–H groups in total. The number of alkyl halides is 1. The predicted molar refractivity (Wildman–Crippen MR) is 58.2 cm³/mol. The zero-order valence-corrected chi connectivity index (χ0v) is 9.94. The largest absolute Gasteiger partial charge is 0.302 e. The molecule has 0 aromatic rings. The van der Waals surface area contributed by atoms with E-state index in [0.717, 1.165) is 6.54 Å². The van der Waals surface area contributed by atoms with Crippen LogP contribution in [0.3, 0.4) is 0 Å². The van der Waals surface area contributed by atoms with Gasteiger partial charge < -0.3 is 4.90 Å². The molecule has 6 heteroatoms. The van der Waals surface area contributed by atoms with Crippen molar-refractivity contribution in [2.45, 2.75) is 18.9 Å². The molecule has 0 aromatic heterocycles. The summed E-state index contributed by atoms with van der Waals surface area (Å²) in [6.07, 6.45) is 2.48. The Morgan fingerprint density at radius 2 is 2.14 bits per heavy atom. The highest BCUT2D eigenvalue weighted by molar-refractivity contribution is 7.89. The van der Waals surface area contributed by atoms with E-state index >= 15 is 0 Å². The van der Waals surface area contributed by atoms with Crippen molar-refractivity contribution < 1.29 is 8.42 Å². The maximum absolute atomic E-state index is 11.2. The van der Waals surface area contributed by atoms with Gasteiger partial charge in [0.15, 0.2) is 0 Å². The molecule has 14 heavy (non-hydrogen) atoms. The maximum Gasteiger partial charge on any atom is 0.212 e. The van der Waals surface area contributed by atoms with Crippen LogP contribution in [0.4, 0.5) is 0 Å². The zero-order chi connectivity index (χ0) is 10.6. The molecule has 84 valence electrons. The normalized spacial score (nSPS) is 17.6. The molecule has 0 atom stereocenters. The third kappa shape index (κ3) is 4.59. The second-order valence-corrected chi connectivity index (χ2v) is 5.92. The molecule has 0 saturated heterocycles. The number of hydrogen-bond donors (Lipinski definition) is 1. The van der Waals surface area contributed by atoms with Gasteiger partial charge in [-0.25, -0.2) is 13.1 Å². The summed E-state index contributed by atoms with van der Waals surface area (Å²) >= 11 is 5.36. The third-order valence-corrected chi connectivity index (χ3v) is 4.10. The molecule has 1 aliphatic carbocycles.